The number of carbonyl (C=O) groups is 1. The van der Waals surface area contributed by atoms with Gasteiger partial charge in [-0.15, -0.1) is 0 Å². The van der Waals surface area contributed by atoms with Gasteiger partial charge in [0.25, 0.3) is 5.56 Å². The summed E-state index contributed by atoms with van der Waals surface area (Å²) in [5, 5.41) is 13.9. The number of nitrogens with one attached hydrogen (secondary N) is 1. The molecule has 0 radical (unpaired) electrons. The zero-order valence-corrected chi connectivity index (χ0v) is 29.6. The van der Waals surface area contributed by atoms with Crippen LogP contribution in [0.2, 0.25) is 0 Å². The highest BCUT2D eigenvalue weighted by Crippen LogP contribution is 2.37. The van der Waals surface area contributed by atoms with Crippen molar-refractivity contribution in [3.63, 3.8) is 0 Å². The van der Waals surface area contributed by atoms with Gasteiger partial charge >= 0.3 is 5.97 Å². The van der Waals surface area contributed by atoms with E-state index in [0.29, 0.717) is 56.0 Å². The first-order chi connectivity index (χ1) is 25.3. The van der Waals surface area contributed by atoms with Crippen molar-refractivity contribution in [2.75, 3.05) is 38.0 Å². The maximum Gasteiger partial charge on any atom is 0.306 e. The van der Waals surface area contributed by atoms with Crippen molar-refractivity contribution in [3.8, 4) is 22.6 Å². The fraction of sp³-hybridized carbons (Fsp3) is 0.341. The Morgan fingerprint density at radius 2 is 1.63 bits per heavy atom. The number of piperidine rings is 1. The van der Waals surface area contributed by atoms with E-state index >= 15 is 0 Å². The molecule has 52 heavy (non-hydrogen) atoms. The average Bonchev–Trinajstić information content (AvgIpc) is 3.83. The molecule has 2 aromatic carbocycles. The second-order valence-corrected chi connectivity index (χ2v) is 14.1. The van der Waals surface area contributed by atoms with Gasteiger partial charge in [-0.25, -0.2) is 9.97 Å². The maximum atomic E-state index is 13.5. The number of fused-ring (bicyclic) bond motifs is 2. The number of anilines is 2. The Morgan fingerprint density at radius 1 is 0.885 bits per heavy atom. The minimum Gasteiger partial charge on any atom is -0.481 e. The largest absolute Gasteiger partial charge is 0.481 e. The minimum absolute atomic E-state index is 0.198. The first kappa shape index (κ1) is 33.7. The van der Waals surface area contributed by atoms with E-state index in [4.69, 9.17) is 14.4 Å². The number of aromatic nitrogens is 4. The number of nitrogens with zero attached hydrogens (tertiary/aromatic N) is 6. The highest BCUT2D eigenvalue weighted by atomic mass is 16.4. The van der Waals surface area contributed by atoms with Gasteiger partial charge in [0.1, 0.15) is 5.52 Å². The van der Waals surface area contributed by atoms with E-state index < -0.39 is 5.97 Å². The molecule has 0 saturated carbocycles. The summed E-state index contributed by atoms with van der Waals surface area (Å²) in [5.41, 5.74) is 8.55. The van der Waals surface area contributed by atoms with Gasteiger partial charge in [-0.2, -0.15) is 0 Å². The van der Waals surface area contributed by atoms with Crippen LogP contribution in [0.3, 0.4) is 0 Å². The number of carboxylic acids is 1. The van der Waals surface area contributed by atoms with Crippen molar-refractivity contribution in [1.29, 1.82) is 0 Å². The molecular formula is C41H43N7O4. The molecule has 0 amide bonds. The summed E-state index contributed by atoms with van der Waals surface area (Å²) in [6.07, 6.45) is 9.36. The lowest BCUT2D eigenvalue weighted by atomic mass is 9.93. The van der Waals surface area contributed by atoms with Crippen LogP contribution in [0, 0.1) is 19.8 Å². The van der Waals surface area contributed by atoms with Crippen molar-refractivity contribution in [3.05, 3.63) is 100 Å². The fourth-order valence-electron chi connectivity index (χ4n) is 7.74. The fourth-order valence-corrected chi connectivity index (χ4v) is 7.74. The van der Waals surface area contributed by atoms with Gasteiger partial charge in [0, 0.05) is 54.9 Å². The van der Waals surface area contributed by atoms with Crippen molar-refractivity contribution in [1.82, 2.24) is 29.3 Å². The molecule has 2 aliphatic rings. The van der Waals surface area contributed by atoms with Gasteiger partial charge in [0.15, 0.2) is 16.9 Å². The molecule has 6 heterocycles. The van der Waals surface area contributed by atoms with E-state index in [9.17, 15) is 14.7 Å². The van der Waals surface area contributed by atoms with E-state index in [1.54, 1.807) is 16.8 Å². The molecule has 6 aromatic rings. The van der Waals surface area contributed by atoms with Gasteiger partial charge in [-0.3, -0.25) is 19.5 Å². The number of hydrogen-bond acceptors (Lipinski definition) is 9. The molecule has 0 unspecified atom stereocenters. The van der Waals surface area contributed by atoms with Crippen LogP contribution in [0.25, 0.3) is 44.6 Å². The van der Waals surface area contributed by atoms with Crippen molar-refractivity contribution in [2.45, 2.75) is 52.6 Å². The number of likely N-dealkylation sites (tertiary alicyclic amines) is 2. The molecular weight excluding hydrogens is 654 g/mol. The standard InChI is InChI=1S/C41H43N7O4/c1-26-31(32-8-6-10-34(27(32)2)44-38-36-30(11-15-42-38)23-28(24-43-36)25-47-16-3-4-17-47)7-5-9-33(26)39-45-37-35(52-39)14-20-48(40(37)49)22-21-46-18-12-29(13-19-46)41(50)51/h5-11,14-15,20,23-24,29H,3-4,12-13,16-19,21-22,25H2,1-2H3,(H,42,44)(H,50,51). The SMILES string of the molecule is Cc1c(Nc2nccc3cc(CN4CCCC4)cnc23)cccc1-c1cccc(-c2nc3c(=O)n(CCN4CCC(C(=O)O)CC4)ccc3o2)c1C. The third-order valence-corrected chi connectivity index (χ3v) is 10.8. The third kappa shape index (κ3) is 6.69. The van der Waals surface area contributed by atoms with Crippen LogP contribution >= 0.6 is 0 Å². The van der Waals surface area contributed by atoms with E-state index in [-0.39, 0.29) is 11.5 Å². The van der Waals surface area contributed by atoms with Crippen LogP contribution in [0.5, 0.6) is 0 Å². The van der Waals surface area contributed by atoms with E-state index in [0.717, 1.165) is 69.9 Å². The Morgan fingerprint density at radius 3 is 2.42 bits per heavy atom. The highest BCUT2D eigenvalue weighted by Gasteiger charge is 2.24. The molecule has 8 rings (SSSR count). The Kier molecular flexibility index (Phi) is 9.29. The number of aliphatic carboxylic acids is 1. The van der Waals surface area contributed by atoms with Gasteiger partial charge in [0.2, 0.25) is 5.89 Å². The van der Waals surface area contributed by atoms with E-state index in [1.807, 2.05) is 36.7 Å². The smallest absolute Gasteiger partial charge is 0.306 e. The topological polar surface area (TPSA) is 130 Å². The summed E-state index contributed by atoms with van der Waals surface area (Å²) in [6, 6.07) is 18.3. The number of pyridine rings is 3. The third-order valence-electron chi connectivity index (χ3n) is 10.8. The molecule has 0 aliphatic carbocycles. The lowest BCUT2D eigenvalue weighted by molar-refractivity contribution is -0.143. The predicted molar refractivity (Wildman–Crippen MR) is 203 cm³/mol. The van der Waals surface area contributed by atoms with Gasteiger partial charge < -0.3 is 24.3 Å². The second kappa shape index (κ2) is 14.3. The first-order valence-corrected chi connectivity index (χ1v) is 18.2. The quantitative estimate of drug-likeness (QED) is 0.154. The molecule has 4 aromatic heterocycles. The Bertz CT molecular complexity index is 2330. The molecule has 2 saturated heterocycles. The summed E-state index contributed by atoms with van der Waals surface area (Å²) in [5.74, 6) is 0.120. The lowest BCUT2D eigenvalue weighted by Gasteiger charge is -2.30. The van der Waals surface area contributed by atoms with Gasteiger partial charge in [-0.05, 0) is 124 Å². The first-order valence-electron chi connectivity index (χ1n) is 18.2. The number of carboxylic acid groups (broad SMARTS) is 1. The summed E-state index contributed by atoms with van der Waals surface area (Å²) in [4.78, 5) is 43.7. The molecule has 2 fully saturated rings. The van der Waals surface area contributed by atoms with Crippen molar-refractivity contribution < 1.29 is 14.3 Å². The molecule has 2 N–H and O–H groups in total. The molecule has 11 nitrogen and oxygen atoms in total. The molecule has 11 heteroatoms. The zero-order chi connectivity index (χ0) is 35.8. The average molecular weight is 698 g/mol. The Hall–Kier alpha value is -5.39. The maximum absolute atomic E-state index is 13.5. The van der Waals surface area contributed by atoms with Crippen molar-refractivity contribution >= 4 is 39.5 Å². The number of benzene rings is 2. The van der Waals surface area contributed by atoms with Crippen LogP contribution in [0.4, 0.5) is 11.5 Å². The Labute approximate surface area is 301 Å². The summed E-state index contributed by atoms with van der Waals surface area (Å²) < 4.78 is 7.85. The van der Waals surface area contributed by atoms with Crippen LogP contribution in [0.15, 0.2) is 82.4 Å². The van der Waals surface area contributed by atoms with E-state index in [1.165, 1.54) is 18.4 Å². The summed E-state index contributed by atoms with van der Waals surface area (Å²) >= 11 is 0. The monoisotopic (exact) mass is 697 g/mol. The number of oxazole rings is 1. The van der Waals surface area contributed by atoms with Crippen molar-refractivity contribution in [2.24, 2.45) is 5.92 Å². The van der Waals surface area contributed by atoms with Gasteiger partial charge in [0.05, 0.1) is 5.92 Å². The summed E-state index contributed by atoms with van der Waals surface area (Å²) in [6.45, 7) is 9.98. The number of rotatable bonds is 10. The van der Waals surface area contributed by atoms with Crippen LogP contribution < -0.4 is 10.9 Å². The minimum atomic E-state index is -0.724. The molecule has 2 aliphatic heterocycles. The predicted octanol–water partition coefficient (Wildman–Crippen LogP) is 7.02. The van der Waals surface area contributed by atoms with E-state index in [2.05, 4.69) is 58.2 Å². The molecule has 266 valence electrons. The summed E-state index contributed by atoms with van der Waals surface area (Å²) in [7, 11) is 0. The van der Waals surface area contributed by atoms with Crippen LogP contribution in [0.1, 0.15) is 42.4 Å². The molecule has 0 atom stereocenters. The molecule has 0 spiro atoms. The Balaban J connectivity index is 1.03. The highest BCUT2D eigenvalue weighted by molar-refractivity contribution is 5.91. The number of hydrogen-bond donors (Lipinski definition) is 2. The molecule has 0 bridgehead atoms. The lowest BCUT2D eigenvalue weighted by Crippen LogP contribution is -2.39. The van der Waals surface area contributed by atoms with Gasteiger partial charge in [-0.1, -0.05) is 24.3 Å². The van der Waals surface area contributed by atoms with Crippen LogP contribution in [-0.2, 0) is 17.9 Å². The van der Waals surface area contributed by atoms with Crippen LogP contribution in [-0.4, -0.2) is 73.1 Å². The normalized spacial score (nSPS) is 15.9. The zero-order valence-electron chi connectivity index (χ0n) is 29.6. The second-order valence-electron chi connectivity index (χ2n) is 14.1.